The van der Waals surface area contributed by atoms with Crippen molar-refractivity contribution in [2.24, 2.45) is 4.99 Å². The number of aromatic nitrogens is 4. The van der Waals surface area contributed by atoms with E-state index in [1.54, 1.807) is 18.3 Å². The number of thiophene rings is 1. The summed E-state index contributed by atoms with van der Waals surface area (Å²) in [5.74, 6) is 0.886. The lowest BCUT2D eigenvalue weighted by Gasteiger charge is -2.23. The number of hydrogen-bond acceptors (Lipinski definition) is 7. The summed E-state index contributed by atoms with van der Waals surface area (Å²) in [7, 11) is 0. The molecule has 0 amide bonds. The number of aliphatic imine (C=N–C) groups is 1. The van der Waals surface area contributed by atoms with Gasteiger partial charge in [-0.3, -0.25) is 4.99 Å². The third kappa shape index (κ3) is 10.1. The Balaban J connectivity index is 1.54. The highest BCUT2D eigenvalue weighted by atomic mass is 32.1. The molecule has 3 heterocycles. The molecule has 0 unspecified atom stereocenters. The summed E-state index contributed by atoms with van der Waals surface area (Å²) in [4.78, 5) is 8.37. The van der Waals surface area contributed by atoms with Gasteiger partial charge in [0, 0.05) is 40.4 Å². The first kappa shape index (κ1) is 34.6. The lowest BCUT2D eigenvalue weighted by atomic mass is 9.91. The summed E-state index contributed by atoms with van der Waals surface area (Å²) in [6.45, 7) is 13.7. The number of benzene rings is 1. The van der Waals surface area contributed by atoms with Crippen LogP contribution in [0.3, 0.4) is 0 Å². The second-order valence-corrected chi connectivity index (χ2v) is 14.3. The number of unbranched alkanes of at least 4 members (excludes halogenated alkanes) is 10. The monoisotopic (exact) mass is 630 g/mol. The van der Waals surface area contributed by atoms with Gasteiger partial charge in [0.2, 0.25) is 0 Å². The van der Waals surface area contributed by atoms with E-state index in [4.69, 9.17) is 5.10 Å². The van der Waals surface area contributed by atoms with Crippen LogP contribution >= 0.6 is 11.3 Å². The Morgan fingerprint density at radius 3 is 2.13 bits per heavy atom. The molecule has 45 heavy (non-hydrogen) atoms. The van der Waals surface area contributed by atoms with Crippen molar-refractivity contribution >= 4 is 34.3 Å². The van der Waals surface area contributed by atoms with Gasteiger partial charge in [-0.1, -0.05) is 111 Å². The highest BCUT2D eigenvalue weighted by Crippen LogP contribution is 2.29. The van der Waals surface area contributed by atoms with Gasteiger partial charge < -0.3 is 10.0 Å². The van der Waals surface area contributed by atoms with E-state index in [0.29, 0.717) is 17.9 Å². The van der Waals surface area contributed by atoms with Crippen molar-refractivity contribution in [2.45, 2.75) is 124 Å². The number of nitrogens with zero attached hydrogens (tertiary/aromatic N) is 6. The molecule has 3 aromatic heterocycles. The average molecular weight is 631 g/mol. The van der Waals surface area contributed by atoms with Crippen LogP contribution in [0.4, 0.5) is 5.00 Å². The summed E-state index contributed by atoms with van der Waals surface area (Å²) in [6, 6.07) is 11.7. The molecule has 8 heteroatoms. The van der Waals surface area contributed by atoms with Crippen molar-refractivity contribution < 1.29 is 5.11 Å². The normalized spacial score (nSPS) is 12.7. The fourth-order valence-corrected chi connectivity index (χ4v) is 6.68. The molecular formula is C37H54N6OS. The lowest BCUT2D eigenvalue weighted by molar-refractivity contribution is 0.474. The summed E-state index contributed by atoms with van der Waals surface area (Å²) < 4.78 is 1.84. The van der Waals surface area contributed by atoms with Crippen molar-refractivity contribution in [1.29, 1.82) is 0 Å². The van der Waals surface area contributed by atoms with Crippen LogP contribution in [-0.2, 0) is 12.0 Å². The molecule has 4 rings (SSSR count). The molecule has 0 radical (unpaired) electrons. The summed E-state index contributed by atoms with van der Waals surface area (Å²) in [5, 5.41) is 26.5. The van der Waals surface area contributed by atoms with Gasteiger partial charge in [-0.15, -0.1) is 21.5 Å². The molecule has 0 atom stereocenters. The van der Waals surface area contributed by atoms with Crippen molar-refractivity contribution in [3.8, 4) is 5.75 Å². The second kappa shape index (κ2) is 17.4. The molecular weight excluding hydrogens is 577 g/mol. The molecule has 1 aromatic carbocycles. The number of hydrogen-bond donors (Lipinski definition) is 1. The van der Waals surface area contributed by atoms with E-state index >= 15 is 0 Å². The number of rotatable bonds is 19. The Morgan fingerprint density at radius 1 is 0.844 bits per heavy atom. The molecule has 1 N–H and O–H groups in total. The molecule has 0 aliphatic rings. The topological polar surface area (TPSA) is 78.9 Å². The van der Waals surface area contributed by atoms with E-state index in [0.717, 1.165) is 29.6 Å². The fourth-order valence-electron chi connectivity index (χ4n) is 5.68. The van der Waals surface area contributed by atoms with Crippen LogP contribution in [0, 0.1) is 0 Å². The first-order valence-electron chi connectivity index (χ1n) is 17.2. The third-order valence-electron chi connectivity index (χ3n) is 8.29. The van der Waals surface area contributed by atoms with Crippen molar-refractivity contribution in [2.75, 3.05) is 18.0 Å². The first-order valence-corrected chi connectivity index (χ1v) is 18.0. The predicted octanol–water partition coefficient (Wildman–Crippen LogP) is 8.88. The predicted molar refractivity (Wildman–Crippen MR) is 191 cm³/mol. The average Bonchev–Trinajstić information content (AvgIpc) is 3.73. The SMILES string of the molecule is CCCCCCCCN(CCCCCCCC)c1ccc(/C=c2/c(C(C)(C)C)nn3c(C/N=C/c4ccccc4O)nnc23)s1. The number of para-hydroxylation sites is 1. The largest absolute Gasteiger partial charge is 0.507 e. The number of phenols is 1. The Hall–Kier alpha value is -3.26. The maximum Gasteiger partial charge on any atom is 0.187 e. The number of anilines is 1. The Bertz CT molecular complexity index is 1520. The van der Waals surface area contributed by atoms with Crippen molar-refractivity contribution in [3.05, 3.63) is 63.6 Å². The van der Waals surface area contributed by atoms with Gasteiger partial charge in [0.15, 0.2) is 11.5 Å². The van der Waals surface area contributed by atoms with Gasteiger partial charge in [0.05, 0.1) is 10.7 Å². The van der Waals surface area contributed by atoms with Gasteiger partial charge >= 0.3 is 0 Å². The summed E-state index contributed by atoms with van der Waals surface area (Å²) in [6.07, 6.45) is 19.8. The van der Waals surface area contributed by atoms with Crippen LogP contribution < -0.4 is 10.1 Å². The van der Waals surface area contributed by atoms with Crippen LogP contribution in [0.5, 0.6) is 5.75 Å². The van der Waals surface area contributed by atoms with E-state index in [1.807, 2.05) is 28.0 Å². The Labute approximate surface area is 274 Å². The maximum atomic E-state index is 10.1. The maximum absolute atomic E-state index is 10.1. The molecule has 0 spiro atoms. The highest BCUT2D eigenvalue weighted by molar-refractivity contribution is 7.16. The quantitative estimate of drug-likeness (QED) is 0.0827. The van der Waals surface area contributed by atoms with Gasteiger partial charge in [0.1, 0.15) is 12.3 Å². The molecule has 0 saturated heterocycles. The van der Waals surface area contributed by atoms with Crippen LogP contribution in [-0.4, -0.2) is 44.2 Å². The van der Waals surface area contributed by atoms with Gasteiger partial charge in [-0.05, 0) is 43.2 Å². The van der Waals surface area contributed by atoms with Crippen molar-refractivity contribution in [1.82, 2.24) is 19.8 Å². The zero-order chi connectivity index (χ0) is 32.1. The molecule has 0 bridgehead atoms. The first-order chi connectivity index (χ1) is 21.8. The third-order valence-corrected chi connectivity index (χ3v) is 9.38. The van der Waals surface area contributed by atoms with Crippen molar-refractivity contribution in [3.63, 3.8) is 0 Å². The number of aromatic hydroxyl groups is 1. The number of fused-ring (bicyclic) bond motifs is 1. The van der Waals surface area contributed by atoms with E-state index in [-0.39, 0.29) is 11.2 Å². The second-order valence-electron chi connectivity index (χ2n) is 13.2. The minimum atomic E-state index is -0.162. The Morgan fingerprint density at radius 2 is 1.49 bits per heavy atom. The molecule has 7 nitrogen and oxygen atoms in total. The van der Waals surface area contributed by atoms with Crippen LogP contribution in [0.15, 0.2) is 41.4 Å². The molecule has 0 saturated carbocycles. The lowest BCUT2D eigenvalue weighted by Crippen LogP contribution is -2.24. The van der Waals surface area contributed by atoms with Gasteiger partial charge in [-0.2, -0.15) is 9.61 Å². The highest BCUT2D eigenvalue weighted by Gasteiger charge is 2.24. The zero-order valence-corrected chi connectivity index (χ0v) is 29.1. The van der Waals surface area contributed by atoms with Crippen LogP contribution in [0.2, 0.25) is 0 Å². The minimum Gasteiger partial charge on any atom is -0.507 e. The number of phenolic OH excluding ortho intramolecular Hbond substituents is 1. The van der Waals surface area contributed by atoms with E-state index in [1.165, 1.54) is 86.9 Å². The minimum absolute atomic E-state index is 0.162. The standard InChI is InChI=1S/C37H54N6OS/c1-6-8-10-12-14-18-24-42(25-19-15-13-11-9-7-2)34-23-22-30(45-34)26-31-35(37(3,4)5)41-43-33(39-40-36(31)43)28-38-27-29-20-16-17-21-32(29)44/h16-17,20-23,26-27,44H,6-15,18-19,24-25,28H2,1-5H3/b31-26-,38-27+. The molecule has 0 aliphatic heterocycles. The fraction of sp³-hybridized carbons (Fsp3) is 0.568. The Kier molecular flexibility index (Phi) is 13.4. The molecule has 244 valence electrons. The van der Waals surface area contributed by atoms with E-state index in [9.17, 15) is 5.11 Å². The van der Waals surface area contributed by atoms with Gasteiger partial charge in [0.25, 0.3) is 0 Å². The summed E-state index contributed by atoms with van der Waals surface area (Å²) in [5.41, 5.74) is 2.28. The molecule has 0 aliphatic carbocycles. The molecule has 4 aromatic rings. The zero-order valence-electron chi connectivity index (χ0n) is 28.3. The van der Waals surface area contributed by atoms with Crippen LogP contribution in [0.1, 0.15) is 134 Å². The van der Waals surface area contributed by atoms with Crippen LogP contribution in [0.25, 0.3) is 11.7 Å². The smallest absolute Gasteiger partial charge is 0.187 e. The summed E-state index contributed by atoms with van der Waals surface area (Å²) >= 11 is 1.87. The van der Waals surface area contributed by atoms with E-state index in [2.05, 4.69) is 72.9 Å². The van der Waals surface area contributed by atoms with E-state index < -0.39 is 0 Å². The van der Waals surface area contributed by atoms with Gasteiger partial charge in [-0.25, -0.2) is 0 Å². The molecule has 0 fully saturated rings.